The first-order chi connectivity index (χ1) is 12.9. The number of carbonyl (C=O) groups excluding carboxylic acids is 2. The lowest BCUT2D eigenvalue weighted by Gasteiger charge is -2.19. The zero-order valence-corrected chi connectivity index (χ0v) is 15.5. The Morgan fingerprint density at radius 3 is 2.44 bits per heavy atom. The molecule has 0 spiro atoms. The van der Waals surface area contributed by atoms with Crippen LogP contribution < -0.4 is 15.4 Å². The molecule has 0 radical (unpaired) electrons. The number of nitrogens with one attached hydrogen (secondary N) is 1. The van der Waals surface area contributed by atoms with E-state index in [9.17, 15) is 18.0 Å². The minimum atomic E-state index is -3.71. The third kappa shape index (κ3) is 4.53. The number of sulfonamides is 1. The molecule has 3 rings (SSSR count). The normalized spacial score (nSPS) is 14.4. The summed E-state index contributed by atoms with van der Waals surface area (Å²) < 4.78 is 22.5. The molecule has 0 bridgehead atoms. The third-order valence-corrected chi connectivity index (χ3v) is 5.39. The van der Waals surface area contributed by atoms with Crippen molar-refractivity contribution >= 4 is 27.5 Å². The van der Waals surface area contributed by atoms with Crippen molar-refractivity contribution in [2.24, 2.45) is 5.14 Å². The van der Waals surface area contributed by atoms with Crippen LogP contribution in [0.25, 0.3) is 0 Å². The number of nitrogens with two attached hydrogens (primary N) is 1. The summed E-state index contributed by atoms with van der Waals surface area (Å²) in [6, 6.07) is 13.3. The number of nitrogens with zero attached hydrogens (tertiary/aromatic N) is 1. The molecule has 8 heteroatoms. The highest BCUT2D eigenvalue weighted by molar-refractivity contribution is 7.89. The molecule has 0 unspecified atom stereocenters. The van der Waals surface area contributed by atoms with Crippen molar-refractivity contribution in [2.75, 3.05) is 18.0 Å². The Hall–Kier alpha value is -2.71. The van der Waals surface area contributed by atoms with Gasteiger partial charge in [-0.1, -0.05) is 24.3 Å². The summed E-state index contributed by atoms with van der Waals surface area (Å²) in [6.45, 7) is 1.01. The number of hydrogen-bond acceptors (Lipinski definition) is 4. The van der Waals surface area contributed by atoms with Gasteiger partial charge in [-0.15, -0.1) is 0 Å². The number of benzene rings is 2. The SMILES string of the molecule is NS(=O)(=O)c1ccc(CCNC(=O)c2ccccc2N2CCCC2=O)cc1. The van der Waals surface area contributed by atoms with Gasteiger partial charge in [0, 0.05) is 19.5 Å². The van der Waals surface area contributed by atoms with Crippen LogP contribution in [0.2, 0.25) is 0 Å². The minimum absolute atomic E-state index is 0.0326. The third-order valence-electron chi connectivity index (χ3n) is 4.46. The summed E-state index contributed by atoms with van der Waals surface area (Å²) in [5, 5.41) is 7.93. The fourth-order valence-electron chi connectivity index (χ4n) is 3.07. The predicted octanol–water partition coefficient (Wildman–Crippen LogP) is 1.43. The Bertz CT molecular complexity index is 955. The number of hydrogen-bond donors (Lipinski definition) is 2. The van der Waals surface area contributed by atoms with Crippen molar-refractivity contribution in [3.63, 3.8) is 0 Å². The molecule has 0 atom stereocenters. The largest absolute Gasteiger partial charge is 0.352 e. The maximum absolute atomic E-state index is 12.6. The van der Waals surface area contributed by atoms with E-state index in [-0.39, 0.29) is 16.7 Å². The van der Waals surface area contributed by atoms with Gasteiger partial charge in [0.25, 0.3) is 5.91 Å². The number of para-hydroxylation sites is 1. The lowest BCUT2D eigenvalue weighted by molar-refractivity contribution is -0.117. The molecule has 1 saturated heterocycles. The molecule has 2 amide bonds. The molecule has 0 aliphatic carbocycles. The van der Waals surface area contributed by atoms with E-state index in [2.05, 4.69) is 5.32 Å². The summed E-state index contributed by atoms with van der Waals surface area (Å²) >= 11 is 0. The first-order valence-electron chi connectivity index (χ1n) is 8.65. The highest BCUT2D eigenvalue weighted by atomic mass is 32.2. The molecule has 2 aromatic rings. The van der Waals surface area contributed by atoms with E-state index < -0.39 is 10.0 Å². The monoisotopic (exact) mass is 387 g/mol. The molecule has 27 heavy (non-hydrogen) atoms. The van der Waals surface area contributed by atoms with Crippen LogP contribution in [0.3, 0.4) is 0 Å². The summed E-state index contributed by atoms with van der Waals surface area (Å²) in [7, 11) is -3.71. The van der Waals surface area contributed by atoms with Gasteiger partial charge >= 0.3 is 0 Å². The van der Waals surface area contributed by atoms with Crippen LogP contribution in [0.4, 0.5) is 5.69 Å². The highest BCUT2D eigenvalue weighted by Crippen LogP contribution is 2.25. The van der Waals surface area contributed by atoms with E-state index in [4.69, 9.17) is 5.14 Å². The van der Waals surface area contributed by atoms with E-state index in [1.807, 2.05) is 6.07 Å². The van der Waals surface area contributed by atoms with E-state index in [0.29, 0.717) is 37.2 Å². The molecule has 1 heterocycles. The van der Waals surface area contributed by atoms with Gasteiger partial charge in [-0.2, -0.15) is 0 Å². The predicted molar refractivity (Wildman–Crippen MR) is 102 cm³/mol. The molecular formula is C19H21N3O4S. The summed E-state index contributed by atoms with van der Waals surface area (Å²) in [5.74, 6) is -0.211. The molecule has 1 aliphatic rings. The number of amides is 2. The second-order valence-corrected chi connectivity index (χ2v) is 7.92. The number of anilines is 1. The van der Waals surface area contributed by atoms with Gasteiger partial charge in [0.1, 0.15) is 0 Å². The van der Waals surface area contributed by atoms with Crippen LogP contribution in [0.1, 0.15) is 28.8 Å². The van der Waals surface area contributed by atoms with Gasteiger partial charge in [0.05, 0.1) is 16.1 Å². The van der Waals surface area contributed by atoms with Crippen molar-refractivity contribution < 1.29 is 18.0 Å². The molecular weight excluding hydrogens is 366 g/mol. The van der Waals surface area contributed by atoms with E-state index in [1.54, 1.807) is 35.2 Å². The summed E-state index contributed by atoms with van der Waals surface area (Å²) in [4.78, 5) is 26.3. The Kier molecular flexibility index (Phi) is 5.57. The fraction of sp³-hybridized carbons (Fsp3) is 0.263. The van der Waals surface area contributed by atoms with Gasteiger partial charge in [0.15, 0.2) is 0 Å². The highest BCUT2D eigenvalue weighted by Gasteiger charge is 2.25. The lowest BCUT2D eigenvalue weighted by Crippen LogP contribution is -2.30. The van der Waals surface area contributed by atoms with E-state index in [0.717, 1.165) is 12.0 Å². The first kappa shape index (κ1) is 19.1. The van der Waals surface area contributed by atoms with Crippen molar-refractivity contribution in [1.29, 1.82) is 0 Å². The van der Waals surface area contributed by atoms with Crippen molar-refractivity contribution in [2.45, 2.75) is 24.2 Å². The Morgan fingerprint density at radius 1 is 1.11 bits per heavy atom. The molecule has 2 aromatic carbocycles. The maximum Gasteiger partial charge on any atom is 0.253 e. The molecule has 0 aromatic heterocycles. The van der Waals surface area contributed by atoms with Crippen molar-refractivity contribution in [3.05, 3.63) is 59.7 Å². The van der Waals surface area contributed by atoms with Gasteiger partial charge in [-0.25, -0.2) is 13.6 Å². The standard InChI is InChI=1S/C19H21N3O4S/c20-27(25,26)15-9-7-14(8-10-15)11-12-21-19(24)16-4-1-2-5-17(16)22-13-3-6-18(22)23/h1-2,4-5,7-10H,3,6,11-13H2,(H,21,24)(H2,20,25,26). The average molecular weight is 387 g/mol. The smallest absolute Gasteiger partial charge is 0.253 e. The van der Waals surface area contributed by atoms with Crippen LogP contribution in [-0.2, 0) is 21.2 Å². The topological polar surface area (TPSA) is 110 Å². The zero-order valence-electron chi connectivity index (χ0n) is 14.7. The lowest BCUT2D eigenvalue weighted by atomic mass is 10.1. The molecule has 1 fully saturated rings. The molecule has 3 N–H and O–H groups in total. The van der Waals surface area contributed by atoms with E-state index >= 15 is 0 Å². The zero-order chi connectivity index (χ0) is 19.4. The van der Waals surface area contributed by atoms with Gasteiger partial charge in [0.2, 0.25) is 15.9 Å². The summed E-state index contributed by atoms with van der Waals surface area (Å²) in [5.41, 5.74) is 1.98. The Labute approximate surface area is 158 Å². The fourth-order valence-corrected chi connectivity index (χ4v) is 3.58. The molecule has 7 nitrogen and oxygen atoms in total. The van der Waals surface area contributed by atoms with Crippen molar-refractivity contribution in [3.8, 4) is 0 Å². The van der Waals surface area contributed by atoms with Crippen LogP contribution in [-0.4, -0.2) is 33.3 Å². The quantitative estimate of drug-likeness (QED) is 0.781. The molecule has 0 saturated carbocycles. The number of primary sulfonamides is 1. The van der Waals surface area contributed by atoms with Crippen LogP contribution in [0.5, 0.6) is 0 Å². The molecule has 1 aliphatic heterocycles. The second-order valence-electron chi connectivity index (χ2n) is 6.36. The Morgan fingerprint density at radius 2 is 1.81 bits per heavy atom. The summed E-state index contributed by atoms with van der Waals surface area (Å²) in [6.07, 6.45) is 1.84. The second kappa shape index (κ2) is 7.89. The number of carbonyl (C=O) groups is 2. The van der Waals surface area contributed by atoms with Gasteiger partial charge < -0.3 is 10.2 Å². The average Bonchev–Trinajstić information content (AvgIpc) is 3.07. The van der Waals surface area contributed by atoms with E-state index in [1.165, 1.54) is 12.1 Å². The molecule has 142 valence electrons. The van der Waals surface area contributed by atoms with Crippen LogP contribution in [0.15, 0.2) is 53.4 Å². The van der Waals surface area contributed by atoms with Crippen molar-refractivity contribution in [1.82, 2.24) is 5.32 Å². The number of rotatable bonds is 6. The van der Waals surface area contributed by atoms with Gasteiger partial charge in [-0.05, 0) is 42.7 Å². The minimum Gasteiger partial charge on any atom is -0.352 e. The Balaban J connectivity index is 1.63. The maximum atomic E-state index is 12.6. The first-order valence-corrected chi connectivity index (χ1v) is 10.2. The van der Waals surface area contributed by atoms with Gasteiger partial charge in [-0.3, -0.25) is 9.59 Å². The van der Waals surface area contributed by atoms with Crippen LogP contribution >= 0.6 is 0 Å². The van der Waals surface area contributed by atoms with Crippen LogP contribution in [0, 0.1) is 0 Å².